The van der Waals surface area contributed by atoms with Gasteiger partial charge in [-0.05, 0) is 83.0 Å². The van der Waals surface area contributed by atoms with E-state index in [-0.39, 0.29) is 23.1 Å². The number of nitrogens with zero attached hydrogens (tertiary/aromatic N) is 2. The molecule has 1 aliphatic heterocycles. The molecule has 9 heteroatoms. The number of amides is 2. The van der Waals surface area contributed by atoms with Gasteiger partial charge in [0.15, 0.2) is 0 Å². The lowest BCUT2D eigenvalue weighted by Gasteiger charge is -2.24. The molecule has 2 amide bonds. The molecular weight excluding hydrogens is 445 g/mol. The highest BCUT2D eigenvalue weighted by Gasteiger charge is 2.33. The van der Waals surface area contributed by atoms with Gasteiger partial charge in [-0.3, -0.25) is 14.5 Å². The highest BCUT2D eigenvalue weighted by atomic mass is 19.4. The van der Waals surface area contributed by atoms with Gasteiger partial charge in [-0.1, -0.05) is 18.2 Å². The van der Waals surface area contributed by atoms with Crippen molar-refractivity contribution in [3.05, 3.63) is 59.4 Å². The Kier molecular flexibility index (Phi) is 7.97. The van der Waals surface area contributed by atoms with Crippen LogP contribution in [0.15, 0.2) is 42.5 Å². The van der Waals surface area contributed by atoms with Crippen LogP contribution in [-0.2, 0) is 17.5 Å². The summed E-state index contributed by atoms with van der Waals surface area (Å²) >= 11 is 0. The van der Waals surface area contributed by atoms with Crippen LogP contribution in [0, 0.1) is 5.92 Å². The molecule has 1 saturated heterocycles. The zero-order valence-electron chi connectivity index (χ0n) is 19.7. The molecule has 0 saturated carbocycles. The van der Waals surface area contributed by atoms with Gasteiger partial charge in [-0.2, -0.15) is 13.2 Å². The van der Waals surface area contributed by atoms with E-state index < -0.39 is 17.8 Å². The number of rotatable bonds is 5. The lowest BCUT2D eigenvalue weighted by atomic mass is 9.98. The predicted octanol–water partition coefficient (Wildman–Crippen LogP) is 4.87. The molecule has 1 aromatic heterocycles. The van der Waals surface area contributed by atoms with Crippen molar-refractivity contribution in [2.45, 2.75) is 58.3 Å². The van der Waals surface area contributed by atoms with E-state index in [0.717, 1.165) is 50.0 Å². The fourth-order valence-corrected chi connectivity index (χ4v) is 3.97. The van der Waals surface area contributed by atoms with Gasteiger partial charge < -0.3 is 10.6 Å². The molecule has 0 bridgehead atoms. The molecule has 0 radical (unpaired) electrons. The van der Waals surface area contributed by atoms with Gasteiger partial charge >= 0.3 is 6.18 Å². The van der Waals surface area contributed by atoms with Crippen LogP contribution in [0.4, 0.5) is 18.9 Å². The van der Waals surface area contributed by atoms with E-state index in [9.17, 15) is 22.8 Å². The first-order valence-corrected chi connectivity index (χ1v) is 11.4. The number of halogens is 3. The molecule has 0 spiro atoms. The molecule has 1 aromatic carbocycles. The van der Waals surface area contributed by atoms with Crippen molar-refractivity contribution in [3.63, 3.8) is 0 Å². The van der Waals surface area contributed by atoms with E-state index in [4.69, 9.17) is 0 Å². The number of aromatic nitrogens is 1. The second kappa shape index (κ2) is 10.5. The lowest BCUT2D eigenvalue weighted by molar-refractivity contribution is -0.141. The Labute approximate surface area is 197 Å². The average molecular weight is 477 g/mol. The number of hydrogen-bond donors (Lipinski definition) is 2. The standard InChI is InChI=1S/C25H31F3N4O2/c1-24(2,3)31-22(33)18-8-6-13-32(14-12-18)16-17-7-4-9-19(15-17)29-23(34)20-10-5-11-21(30-20)25(26,27)28/h4-5,7,9-11,15,18H,6,8,12-14,16H2,1-3H3,(H,29,34)(H,31,33). The molecule has 2 N–H and O–H groups in total. The number of carbonyl (C=O) groups is 2. The smallest absolute Gasteiger partial charge is 0.351 e. The van der Waals surface area contributed by atoms with Crippen LogP contribution >= 0.6 is 0 Å². The van der Waals surface area contributed by atoms with E-state index in [2.05, 4.69) is 20.5 Å². The van der Waals surface area contributed by atoms with Gasteiger partial charge in [0.05, 0.1) is 0 Å². The maximum Gasteiger partial charge on any atom is 0.433 e. The van der Waals surface area contributed by atoms with Crippen LogP contribution < -0.4 is 10.6 Å². The highest BCUT2D eigenvalue weighted by molar-refractivity contribution is 6.02. The molecule has 184 valence electrons. The van der Waals surface area contributed by atoms with Crippen molar-refractivity contribution in [2.75, 3.05) is 18.4 Å². The summed E-state index contributed by atoms with van der Waals surface area (Å²) in [6.45, 7) is 8.23. The van der Waals surface area contributed by atoms with Gasteiger partial charge in [0.2, 0.25) is 5.91 Å². The van der Waals surface area contributed by atoms with Crippen LogP contribution in [0.1, 0.15) is 61.8 Å². The zero-order chi connectivity index (χ0) is 24.9. The number of likely N-dealkylation sites (tertiary alicyclic amines) is 1. The summed E-state index contributed by atoms with van der Waals surface area (Å²) in [7, 11) is 0. The van der Waals surface area contributed by atoms with Gasteiger partial charge in [0.25, 0.3) is 5.91 Å². The number of carbonyl (C=O) groups excluding carboxylic acids is 2. The summed E-state index contributed by atoms with van der Waals surface area (Å²) in [6, 6.07) is 10.5. The summed E-state index contributed by atoms with van der Waals surface area (Å²) < 4.78 is 38.6. The van der Waals surface area contributed by atoms with Gasteiger partial charge in [-0.25, -0.2) is 4.98 Å². The molecule has 1 atom stereocenters. The third-order valence-corrected chi connectivity index (χ3v) is 5.55. The highest BCUT2D eigenvalue weighted by Crippen LogP contribution is 2.27. The zero-order valence-corrected chi connectivity index (χ0v) is 19.7. The number of anilines is 1. The minimum atomic E-state index is -4.62. The summed E-state index contributed by atoms with van der Waals surface area (Å²) in [4.78, 5) is 30.7. The maximum absolute atomic E-state index is 12.9. The van der Waals surface area contributed by atoms with Crippen LogP contribution in [-0.4, -0.2) is 40.3 Å². The fourth-order valence-electron chi connectivity index (χ4n) is 3.97. The van der Waals surface area contributed by atoms with Crippen LogP contribution in [0.25, 0.3) is 0 Å². The second-order valence-corrected chi connectivity index (χ2v) is 9.70. The molecule has 6 nitrogen and oxygen atoms in total. The first kappa shape index (κ1) is 25.7. The number of pyridine rings is 1. The van der Waals surface area contributed by atoms with Crippen molar-refractivity contribution < 1.29 is 22.8 Å². The Morgan fingerprint density at radius 2 is 1.79 bits per heavy atom. The van der Waals surface area contributed by atoms with Crippen molar-refractivity contribution in [1.29, 1.82) is 0 Å². The Bertz CT molecular complexity index is 1020. The second-order valence-electron chi connectivity index (χ2n) is 9.70. The minimum Gasteiger partial charge on any atom is -0.351 e. The Balaban J connectivity index is 1.60. The molecule has 1 fully saturated rings. The fraction of sp³-hybridized carbons (Fsp3) is 0.480. The van der Waals surface area contributed by atoms with E-state index in [0.29, 0.717) is 12.2 Å². The molecule has 1 unspecified atom stereocenters. The summed E-state index contributed by atoms with van der Waals surface area (Å²) in [5, 5.41) is 5.70. The van der Waals surface area contributed by atoms with E-state index in [1.54, 1.807) is 18.2 Å². The minimum absolute atomic E-state index is 0.00481. The first-order chi connectivity index (χ1) is 15.9. The topological polar surface area (TPSA) is 74.3 Å². The van der Waals surface area contributed by atoms with Crippen molar-refractivity contribution in [3.8, 4) is 0 Å². The first-order valence-electron chi connectivity index (χ1n) is 11.4. The van der Waals surface area contributed by atoms with Crippen LogP contribution in [0.5, 0.6) is 0 Å². The molecule has 34 heavy (non-hydrogen) atoms. The molecule has 3 rings (SSSR count). The maximum atomic E-state index is 12.9. The summed E-state index contributed by atoms with van der Waals surface area (Å²) in [6.07, 6.45) is -2.08. The third-order valence-electron chi connectivity index (χ3n) is 5.55. The predicted molar refractivity (Wildman–Crippen MR) is 124 cm³/mol. The lowest BCUT2D eigenvalue weighted by Crippen LogP contribution is -2.44. The molecule has 0 aliphatic carbocycles. The SMILES string of the molecule is CC(C)(C)NC(=O)C1CCCN(Cc2cccc(NC(=O)c3cccc(C(F)(F)F)n3)c2)CC1. The van der Waals surface area contributed by atoms with Gasteiger partial charge in [-0.15, -0.1) is 0 Å². The molecule has 2 aromatic rings. The number of benzene rings is 1. The van der Waals surface area contributed by atoms with Crippen LogP contribution in [0.3, 0.4) is 0 Å². The van der Waals surface area contributed by atoms with Gasteiger partial charge in [0.1, 0.15) is 11.4 Å². The van der Waals surface area contributed by atoms with Crippen molar-refractivity contribution in [1.82, 2.24) is 15.2 Å². The van der Waals surface area contributed by atoms with E-state index in [1.807, 2.05) is 26.8 Å². The largest absolute Gasteiger partial charge is 0.433 e. The summed E-state index contributed by atoms with van der Waals surface area (Å²) in [5.41, 5.74) is -0.208. The van der Waals surface area contributed by atoms with Crippen LogP contribution in [0.2, 0.25) is 0 Å². The van der Waals surface area contributed by atoms with Crippen molar-refractivity contribution >= 4 is 17.5 Å². The molecule has 1 aliphatic rings. The van der Waals surface area contributed by atoms with Gasteiger partial charge in [0, 0.05) is 23.7 Å². The molecular formula is C25H31F3N4O2. The third kappa shape index (κ3) is 7.55. The number of nitrogens with one attached hydrogen (secondary N) is 2. The number of hydrogen-bond acceptors (Lipinski definition) is 4. The monoisotopic (exact) mass is 476 g/mol. The van der Waals surface area contributed by atoms with E-state index >= 15 is 0 Å². The Hall–Kier alpha value is -2.94. The normalized spacial score (nSPS) is 17.6. The average Bonchev–Trinajstić information content (AvgIpc) is 2.98. The van der Waals surface area contributed by atoms with E-state index in [1.165, 1.54) is 6.07 Å². The number of alkyl halides is 3. The molecule has 2 heterocycles. The van der Waals surface area contributed by atoms with Crippen molar-refractivity contribution in [2.24, 2.45) is 5.92 Å². The Morgan fingerprint density at radius 3 is 2.50 bits per heavy atom. The quantitative estimate of drug-likeness (QED) is 0.646. The Morgan fingerprint density at radius 1 is 1.06 bits per heavy atom. The summed E-state index contributed by atoms with van der Waals surface area (Å²) in [5.74, 6) is -0.609.